The normalized spacial score (nSPS) is 9.88. The molecule has 5 nitrogen and oxygen atoms in total. The second-order valence-electron chi connectivity index (χ2n) is 3.25. The molecule has 2 heterocycles. The van der Waals surface area contributed by atoms with E-state index in [2.05, 4.69) is 9.97 Å². The Bertz CT molecular complexity index is 567. The fraction of sp³-hybridized carbons (Fsp3) is 0. The molecule has 0 aliphatic rings. The number of carbonyl (C=O) groups is 2. The minimum atomic E-state index is -1.23. The Morgan fingerprint density at radius 3 is 2.41 bits per heavy atom. The van der Waals surface area contributed by atoms with Gasteiger partial charge in [-0.15, -0.1) is 0 Å². The van der Waals surface area contributed by atoms with E-state index in [0.717, 1.165) is 0 Å². The zero-order valence-corrected chi connectivity index (χ0v) is 8.70. The van der Waals surface area contributed by atoms with Crippen LogP contribution in [0.5, 0.6) is 0 Å². The predicted octanol–water partition coefficient (Wildman–Crippen LogP) is 1.41. The predicted molar refractivity (Wildman–Crippen MR) is 58.9 cm³/mol. The monoisotopic (exact) mass is 228 g/mol. The second kappa shape index (κ2) is 4.52. The number of ketones is 1. The molecule has 0 aliphatic heterocycles. The molecule has 0 aliphatic carbocycles. The molecule has 0 saturated carbocycles. The van der Waals surface area contributed by atoms with Gasteiger partial charge in [0.1, 0.15) is 5.69 Å². The lowest BCUT2D eigenvalue weighted by molar-refractivity contribution is 0.0686. The van der Waals surface area contributed by atoms with Crippen LogP contribution in [0.1, 0.15) is 26.5 Å². The van der Waals surface area contributed by atoms with Gasteiger partial charge >= 0.3 is 5.97 Å². The molecular formula is C12H8N2O3. The van der Waals surface area contributed by atoms with Crippen LogP contribution < -0.4 is 0 Å². The summed E-state index contributed by atoms with van der Waals surface area (Å²) in [4.78, 5) is 30.5. The van der Waals surface area contributed by atoms with Crippen molar-refractivity contribution in [2.75, 3.05) is 0 Å². The first-order valence-electron chi connectivity index (χ1n) is 4.84. The van der Waals surface area contributed by atoms with Crippen molar-refractivity contribution in [3.05, 3.63) is 59.7 Å². The summed E-state index contributed by atoms with van der Waals surface area (Å²) in [7, 11) is 0. The average molecular weight is 228 g/mol. The Kier molecular flexibility index (Phi) is 2.91. The minimum absolute atomic E-state index is 0.0405. The molecule has 5 heteroatoms. The third-order valence-corrected chi connectivity index (χ3v) is 2.15. The van der Waals surface area contributed by atoms with E-state index in [9.17, 15) is 9.59 Å². The van der Waals surface area contributed by atoms with Gasteiger partial charge in [-0.3, -0.25) is 9.78 Å². The van der Waals surface area contributed by atoms with Crippen LogP contribution in [0, 0.1) is 0 Å². The second-order valence-corrected chi connectivity index (χ2v) is 3.25. The summed E-state index contributed by atoms with van der Waals surface area (Å²) in [5.41, 5.74) is -0.0233. The van der Waals surface area contributed by atoms with Crippen molar-refractivity contribution in [2.24, 2.45) is 0 Å². The third kappa shape index (κ3) is 2.17. The van der Waals surface area contributed by atoms with Crippen molar-refractivity contribution in [1.82, 2.24) is 9.97 Å². The van der Waals surface area contributed by atoms with Crippen LogP contribution in [0.4, 0.5) is 0 Å². The Morgan fingerprint density at radius 1 is 1.00 bits per heavy atom. The molecule has 2 aromatic rings. The molecule has 0 aromatic carbocycles. The summed E-state index contributed by atoms with van der Waals surface area (Å²) >= 11 is 0. The van der Waals surface area contributed by atoms with Crippen LogP contribution in [0.3, 0.4) is 0 Å². The maximum Gasteiger partial charge on any atom is 0.355 e. The van der Waals surface area contributed by atoms with Crippen molar-refractivity contribution in [3.8, 4) is 0 Å². The van der Waals surface area contributed by atoms with Gasteiger partial charge in [0.2, 0.25) is 5.78 Å². The van der Waals surface area contributed by atoms with E-state index in [-0.39, 0.29) is 17.0 Å². The maximum absolute atomic E-state index is 12.0. The first-order valence-corrected chi connectivity index (χ1v) is 4.84. The highest BCUT2D eigenvalue weighted by atomic mass is 16.4. The lowest BCUT2D eigenvalue weighted by atomic mass is 10.1. The first kappa shape index (κ1) is 10.9. The number of hydrogen-bond acceptors (Lipinski definition) is 4. The van der Waals surface area contributed by atoms with Gasteiger partial charge in [-0.25, -0.2) is 9.78 Å². The molecule has 0 spiro atoms. The molecule has 2 rings (SSSR count). The lowest BCUT2D eigenvalue weighted by Crippen LogP contribution is -2.12. The van der Waals surface area contributed by atoms with Crippen molar-refractivity contribution < 1.29 is 14.7 Å². The minimum Gasteiger partial charge on any atom is -0.476 e. The Morgan fingerprint density at radius 2 is 1.76 bits per heavy atom. The summed E-state index contributed by atoms with van der Waals surface area (Å²) < 4.78 is 0. The van der Waals surface area contributed by atoms with Gasteiger partial charge in [0.05, 0.1) is 5.56 Å². The summed E-state index contributed by atoms with van der Waals surface area (Å²) in [5, 5.41) is 8.93. The fourth-order valence-electron chi connectivity index (χ4n) is 1.39. The smallest absolute Gasteiger partial charge is 0.355 e. The fourth-order valence-corrected chi connectivity index (χ4v) is 1.39. The molecule has 0 atom stereocenters. The van der Waals surface area contributed by atoms with Gasteiger partial charge in [-0.05, 0) is 24.3 Å². The molecule has 84 valence electrons. The van der Waals surface area contributed by atoms with Gasteiger partial charge in [0, 0.05) is 12.4 Å². The number of carboxylic acid groups (broad SMARTS) is 1. The standard InChI is InChI=1S/C12H8N2O3/c15-11(9-5-1-2-6-13-9)8-4-3-7-14-10(8)12(16)17/h1-7H,(H,16,17). The van der Waals surface area contributed by atoms with Crippen LogP contribution in [0.25, 0.3) is 0 Å². The summed E-state index contributed by atoms with van der Waals surface area (Å²) in [5.74, 6) is -1.68. The number of carboxylic acids is 1. The van der Waals surface area contributed by atoms with E-state index in [0.29, 0.717) is 0 Å². The largest absolute Gasteiger partial charge is 0.476 e. The summed E-state index contributed by atoms with van der Waals surface area (Å²) in [6, 6.07) is 7.81. The molecule has 1 N–H and O–H groups in total. The highest BCUT2D eigenvalue weighted by molar-refractivity contribution is 6.12. The van der Waals surface area contributed by atoms with Crippen LogP contribution in [0.2, 0.25) is 0 Å². The topological polar surface area (TPSA) is 80.2 Å². The molecule has 0 unspecified atom stereocenters. The summed E-state index contributed by atoms with van der Waals surface area (Å²) in [6.07, 6.45) is 2.81. The van der Waals surface area contributed by atoms with E-state index in [1.54, 1.807) is 12.1 Å². The zero-order valence-electron chi connectivity index (χ0n) is 8.70. The lowest BCUT2D eigenvalue weighted by Gasteiger charge is -2.02. The van der Waals surface area contributed by atoms with Crippen LogP contribution >= 0.6 is 0 Å². The molecule has 0 fully saturated rings. The van der Waals surface area contributed by atoms with Crippen molar-refractivity contribution in [3.63, 3.8) is 0 Å². The number of aromatic nitrogens is 2. The maximum atomic E-state index is 12.0. The van der Waals surface area contributed by atoms with E-state index in [4.69, 9.17) is 5.11 Å². The molecule has 17 heavy (non-hydrogen) atoms. The highest BCUT2D eigenvalue weighted by Gasteiger charge is 2.19. The Balaban J connectivity index is 2.48. The van der Waals surface area contributed by atoms with E-state index in [1.807, 2.05) is 0 Å². The van der Waals surface area contributed by atoms with E-state index < -0.39 is 11.8 Å². The molecule has 0 bridgehead atoms. The molecule has 0 radical (unpaired) electrons. The zero-order chi connectivity index (χ0) is 12.3. The van der Waals surface area contributed by atoms with Crippen molar-refractivity contribution >= 4 is 11.8 Å². The third-order valence-electron chi connectivity index (χ3n) is 2.15. The van der Waals surface area contributed by atoms with Gasteiger partial charge in [-0.1, -0.05) is 6.07 Å². The average Bonchev–Trinajstić information content (AvgIpc) is 2.39. The number of nitrogens with zero attached hydrogens (tertiary/aromatic N) is 2. The van der Waals surface area contributed by atoms with Gasteiger partial charge < -0.3 is 5.11 Å². The SMILES string of the molecule is O=C(c1ccccn1)c1cccnc1C(=O)O. The van der Waals surface area contributed by atoms with Crippen LogP contribution in [-0.2, 0) is 0 Å². The molecular weight excluding hydrogens is 220 g/mol. The van der Waals surface area contributed by atoms with Crippen LogP contribution in [-0.4, -0.2) is 26.8 Å². The van der Waals surface area contributed by atoms with E-state index in [1.165, 1.54) is 30.6 Å². The van der Waals surface area contributed by atoms with Crippen LogP contribution in [0.15, 0.2) is 42.7 Å². The number of aromatic carboxylic acids is 1. The van der Waals surface area contributed by atoms with Gasteiger partial charge in [0.15, 0.2) is 5.69 Å². The van der Waals surface area contributed by atoms with E-state index >= 15 is 0 Å². The van der Waals surface area contributed by atoms with Gasteiger partial charge in [-0.2, -0.15) is 0 Å². The first-order chi connectivity index (χ1) is 8.20. The number of carbonyl (C=O) groups excluding carboxylic acids is 1. The van der Waals surface area contributed by atoms with Crippen molar-refractivity contribution in [1.29, 1.82) is 0 Å². The quantitative estimate of drug-likeness (QED) is 0.803. The summed E-state index contributed by atoms with van der Waals surface area (Å²) in [6.45, 7) is 0. The van der Waals surface area contributed by atoms with Crippen molar-refractivity contribution in [2.45, 2.75) is 0 Å². The Labute approximate surface area is 96.8 Å². The number of rotatable bonds is 3. The molecule has 0 amide bonds. The molecule has 2 aromatic heterocycles. The number of pyridine rings is 2. The Hall–Kier alpha value is -2.56. The molecule has 0 saturated heterocycles. The van der Waals surface area contributed by atoms with Gasteiger partial charge in [0.25, 0.3) is 0 Å². The number of hydrogen-bond donors (Lipinski definition) is 1. The highest BCUT2D eigenvalue weighted by Crippen LogP contribution is 2.10.